The number of nitrogens with zero attached hydrogens (tertiary/aromatic N) is 2. The Morgan fingerprint density at radius 2 is 1.76 bits per heavy atom. The smallest absolute Gasteiger partial charge is 0.188 e. The normalized spacial score (nSPS) is 13.8. The predicted molar refractivity (Wildman–Crippen MR) is 86.7 cm³/mol. The van der Waals surface area contributed by atoms with Gasteiger partial charge in [0.1, 0.15) is 5.75 Å². The largest absolute Gasteiger partial charge is 0.496 e. The highest BCUT2D eigenvalue weighted by Crippen LogP contribution is 2.39. The number of methoxy groups -OCH3 is 1. The minimum absolute atomic E-state index is 0.0438. The highest BCUT2D eigenvalue weighted by Gasteiger charge is 2.22. The third-order valence-electron chi connectivity index (χ3n) is 3.12. The Morgan fingerprint density at radius 1 is 1.14 bits per heavy atom. The maximum Gasteiger partial charge on any atom is 0.188 e. The standard InChI is InChI=1S/C16H21N3OS/c1-10-9-11(2)19-16(18-10)21-15(12(3)17)13-7-5-6-8-14(13)20-4/h5-9,12,15H,17H2,1-4H3. The number of hydrogen-bond acceptors (Lipinski definition) is 5. The molecule has 0 saturated heterocycles. The zero-order valence-electron chi connectivity index (χ0n) is 12.8. The minimum Gasteiger partial charge on any atom is -0.496 e. The van der Waals surface area contributed by atoms with E-state index in [1.807, 2.05) is 51.1 Å². The van der Waals surface area contributed by atoms with Crippen LogP contribution in [-0.4, -0.2) is 23.1 Å². The fourth-order valence-corrected chi connectivity index (χ4v) is 3.37. The van der Waals surface area contributed by atoms with Crippen LogP contribution in [0.25, 0.3) is 0 Å². The van der Waals surface area contributed by atoms with E-state index in [0.29, 0.717) is 0 Å². The maximum absolute atomic E-state index is 6.18. The average molecular weight is 303 g/mol. The van der Waals surface area contributed by atoms with Crippen LogP contribution in [0.2, 0.25) is 0 Å². The lowest BCUT2D eigenvalue weighted by Crippen LogP contribution is -2.23. The average Bonchev–Trinajstić information content (AvgIpc) is 2.43. The lowest BCUT2D eigenvalue weighted by molar-refractivity contribution is 0.408. The number of ether oxygens (including phenoxy) is 1. The molecule has 2 aromatic rings. The maximum atomic E-state index is 6.18. The summed E-state index contributed by atoms with van der Waals surface area (Å²) in [4.78, 5) is 8.99. The molecule has 0 spiro atoms. The molecule has 1 aromatic carbocycles. The fraction of sp³-hybridized carbons (Fsp3) is 0.375. The van der Waals surface area contributed by atoms with E-state index < -0.39 is 0 Å². The second kappa shape index (κ2) is 6.91. The van der Waals surface area contributed by atoms with Gasteiger partial charge in [0.15, 0.2) is 5.16 Å². The van der Waals surface area contributed by atoms with Gasteiger partial charge in [-0.1, -0.05) is 30.0 Å². The minimum atomic E-state index is -0.0456. The topological polar surface area (TPSA) is 61.0 Å². The Morgan fingerprint density at radius 3 is 2.33 bits per heavy atom. The van der Waals surface area contributed by atoms with Crippen LogP contribution in [0.4, 0.5) is 0 Å². The van der Waals surface area contributed by atoms with Crippen LogP contribution >= 0.6 is 11.8 Å². The van der Waals surface area contributed by atoms with Crippen molar-refractivity contribution in [3.63, 3.8) is 0 Å². The lowest BCUT2D eigenvalue weighted by atomic mass is 10.1. The van der Waals surface area contributed by atoms with Crippen molar-refractivity contribution in [1.29, 1.82) is 0 Å². The molecule has 0 bridgehead atoms. The van der Waals surface area contributed by atoms with Crippen molar-refractivity contribution in [2.45, 2.75) is 37.2 Å². The van der Waals surface area contributed by atoms with E-state index in [4.69, 9.17) is 10.5 Å². The van der Waals surface area contributed by atoms with Crippen LogP contribution in [0.5, 0.6) is 5.75 Å². The number of thioether (sulfide) groups is 1. The molecule has 0 fully saturated rings. The molecule has 5 heteroatoms. The van der Waals surface area contributed by atoms with Crippen molar-refractivity contribution in [2.75, 3.05) is 7.11 Å². The molecule has 4 nitrogen and oxygen atoms in total. The van der Waals surface area contributed by atoms with Gasteiger partial charge in [0.05, 0.1) is 12.4 Å². The summed E-state index contributed by atoms with van der Waals surface area (Å²) in [6, 6.07) is 9.87. The van der Waals surface area contributed by atoms with Crippen LogP contribution in [0.3, 0.4) is 0 Å². The van der Waals surface area contributed by atoms with Gasteiger partial charge in [-0.3, -0.25) is 0 Å². The van der Waals surface area contributed by atoms with Crippen LogP contribution in [0.1, 0.15) is 29.1 Å². The molecule has 0 aliphatic heterocycles. The quantitative estimate of drug-likeness (QED) is 0.678. The SMILES string of the molecule is COc1ccccc1C(Sc1nc(C)cc(C)n1)C(C)N. The van der Waals surface area contributed by atoms with E-state index in [0.717, 1.165) is 27.9 Å². The lowest BCUT2D eigenvalue weighted by Gasteiger charge is -2.22. The van der Waals surface area contributed by atoms with Crippen molar-refractivity contribution < 1.29 is 4.74 Å². The Bertz CT molecular complexity index is 596. The van der Waals surface area contributed by atoms with Gasteiger partial charge in [-0.2, -0.15) is 0 Å². The monoisotopic (exact) mass is 303 g/mol. The number of rotatable bonds is 5. The molecule has 2 atom stereocenters. The van der Waals surface area contributed by atoms with Crippen LogP contribution in [0.15, 0.2) is 35.5 Å². The summed E-state index contributed by atoms with van der Waals surface area (Å²) >= 11 is 1.58. The predicted octanol–water partition coefficient (Wildman–Crippen LogP) is 3.28. The van der Waals surface area contributed by atoms with E-state index in [9.17, 15) is 0 Å². The van der Waals surface area contributed by atoms with Gasteiger partial charge in [-0.05, 0) is 32.9 Å². The molecule has 0 amide bonds. The van der Waals surface area contributed by atoms with E-state index >= 15 is 0 Å². The van der Waals surface area contributed by atoms with Crippen molar-refractivity contribution in [2.24, 2.45) is 5.73 Å². The zero-order valence-corrected chi connectivity index (χ0v) is 13.6. The fourth-order valence-electron chi connectivity index (χ4n) is 2.22. The highest BCUT2D eigenvalue weighted by atomic mass is 32.2. The van der Waals surface area contributed by atoms with Crippen molar-refractivity contribution in [3.8, 4) is 5.75 Å². The molecular weight excluding hydrogens is 282 g/mol. The Kier molecular flexibility index (Phi) is 5.20. The summed E-state index contributed by atoms with van der Waals surface area (Å²) in [5.74, 6) is 0.844. The summed E-state index contributed by atoms with van der Waals surface area (Å²) in [7, 11) is 1.68. The molecule has 2 rings (SSSR count). The summed E-state index contributed by atoms with van der Waals surface area (Å²) in [5.41, 5.74) is 9.19. The van der Waals surface area contributed by atoms with Gasteiger partial charge in [-0.25, -0.2) is 9.97 Å². The van der Waals surface area contributed by atoms with Gasteiger partial charge < -0.3 is 10.5 Å². The molecule has 112 valence electrons. The van der Waals surface area contributed by atoms with Crippen molar-refractivity contribution >= 4 is 11.8 Å². The second-order valence-electron chi connectivity index (χ2n) is 5.07. The number of para-hydroxylation sites is 1. The summed E-state index contributed by atoms with van der Waals surface area (Å²) in [6.07, 6.45) is 0. The van der Waals surface area contributed by atoms with E-state index in [1.54, 1.807) is 18.9 Å². The third-order valence-corrected chi connectivity index (χ3v) is 4.45. The molecule has 21 heavy (non-hydrogen) atoms. The Hall–Kier alpha value is -1.59. The zero-order chi connectivity index (χ0) is 15.4. The molecule has 0 radical (unpaired) electrons. The summed E-state index contributed by atoms with van der Waals surface area (Å²) in [5, 5.41) is 0.794. The molecule has 1 heterocycles. The number of benzene rings is 1. The second-order valence-corrected chi connectivity index (χ2v) is 6.18. The third kappa shape index (κ3) is 3.95. The summed E-state index contributed by atoms with van der Waals surface area (Å²) in [6.45, 7) is 5.94. The van der Waals surface area contributed by atoms with Crippen LogP contribution < -0.4 is 10.5 Å². The molecule has 2 unspecified atom stereocenters. The molecule has 0 aliphatic carbocycles. The van der Waals surface area contributed by atoms with E-state index in [1.165, 1.54) is 0 Å². The van der Waals surface area contributed by atoms with E-state index in [-0.39, 0.29) is 11.3 Å². The highest BCUT2D eigenvalue weighted by molar-refractivity contribution is 7.99. The van der Waals surface area contributed by atoms with Crippen molar-refractivity contribution in [3.05, 3.63) is 47.3 Å². The molecule has 0 aliphatic rings. The van der Waals surface area contributed by atoms with Gasteiger partial charge >= 0.3 is 0 Å². The first kappa shape index (κ1) is 15.8. The van der Waals surface area contributed by atoms with Gasteiger partial charge in [0, 0.05) is 23.0 Å². The first-order valence-electron chi connectivity index (χ1n) is 6.88. The molecule has 0 saturated carbocycles. The van der Waals surface area contributed by atoms with Crippen molar-refractivity contribution in [1.82, 2.24) is 9.97 Å². The van der Waals surface area contributed by atoms with Gasteiger partial charge in [0.2, 0.25) is 0 Å². The molecule has 2 N–H and O–H groups in total. The number of nitrogens with two attached hydrogens (primary N) is 1. The Balaban J connectivity index is 2.35. The van der Waals surface area contributed by atoms with E-state index in [2.05, 4.69) is 9.97 Å². The van der Waals surface area contributed by atoms with Crippen LogP contribution in [-0.2, 0) is 0 Å². The van der Waals surface area contributed by atoms with Gasteiger partial charge in [-0.15, -0.1) is 0 Å². The first-order valence-corrected chi connectivity index (χ1v) is 7.76. The molecule has 1 aromatic heterocycles. The number of aryl methyl sites for hydroxylation is 2. The number of aromatic nitrogens is 2. The number of hydrogen-bond donors (Lipinski definition) is 1. The Labute approximate surface area is 130 Å². The van der Waals surface area contributed by atoms with Gasteiger partial charge in [0.25, 0.3) is 0 Å². The van der Waals surface area contributed by atoms with Crippen LogP contribution in [0, 0.1) is 13.8 Å². The summed E-state index contributed by atoms with van der Waals surface area (Å²) < 4.78 is 5.45. The first-order chi connectivity index (χ1) is 10.0. The molecular formula is C16H21N3OS.